The van der Waals surface area contributed by atoms with Gasteiger partial charge in [-0.1, -0.05) is 0 Å². The Morgan fingerprint density at radius 2 is 2.06 bits per heavy atom. The molecule has 7 nitrogen and oxygen atoms in total. The molecule has 1 heterocycles. The number of carboxylic acids is 1. The van der Waals surface area contributed by atoms with Crippen LogP contribution in [0.4, 0.5) is 4.79 Å². The minimum atomic E-state index is -1.83. The van der Waals surface area contributed by atoms with Crippen LogP contribution in [0.25, 0.3) is 0 Å². The van der Waals surface area contributed by atoms with Crippen LogP contribution in [0.2, 0.25) is 0 Å². The van der Waals surface area contributed by atoms with Crippen LogP contribution in [0.15, 0.2) is 0 Å². The van der Waals surface area contributed by atoms with Crippen LogP contribution < -0.4 is 5.32 Å². The molecule has 3 N–H and O–H groups in total. The largest absolute Gasteiger partial charge is 0.479 e. The Balaban J connectivity index is 2.75. The lowest BCUT2D eigenvalue weighted by Crippen LogP contribution is -2.62. The molecule has 0 aromatic carbocycles. The van der Waals surface area contributed by atoms with Gasteiger partial charge in [0.15, 0.2) is 5.54 Å². The molecular formula is C10H17NO6. The number of ether oxygens (including phenoxy) is 2. The smallest absolute Gasteiger partial charge is 0.408 e. The monoisotopic (exact) mass is 247 g/mol. The number of amides is 1. The summed E-state index contributed by atoms with van der Waals surface area (Å²) >= 11 is 0. The quantitative estimate of drug-likeness (QED) is 0.620. The zero-order valence-corrected chi connectivity index (χ0v) is 10.0. The fraction of sp³-hybridized carbons (Fsp3) is 0.800. The van der Waals surface area contributed by atoms with Crippen molar-refractivity contribution in [2.75, 3.05) is 13.2 Å². The molecule has 1 aliphatic rings. The number of hydrogen-bond acceptors (Lipinski definition) is 5. The van der Waals surface area contributed by atoms with Gasteiger partial charge >= 0.3 is 12.1 Å². The van der Waals surface area contributed by atoms with Crippen LogP contribution in [0, 0.1) is 0 Å². The van der Waals surface area contributed by atoms with Crippen molar-refractivity contribution in [3.8, 4) is 0 Å². The van der Waals surface area contributed by atoms with Crippen LogP contribution in [-0.2, 0) is 14.3 Å². The normalized spacial score (nSPS) is 28.8. The van der Waals surface area contributed by atoms with Gasteiger partial charge < -0.3 is 25.0 Å². The molecule has 0 aromatic heterocycles. The summed E-state index contributed by atoms with van der Waals surface area (Å²) in [6.07, 6.45) is -2.20. The first-order chi connectivity index (χ1) is 7.67. The maximum atomic E-state index is 11.5. The first kappa shape index (κ1) is 13.7. The molecule has 0 saturated carbocycles. The second-order valence-corrected chi connectivity index (χ2v) is 4.93. The molecule has 1 saturated heterocycles. The van der Waals surface area contributed by atoms with E-state index >= 15 is 0 Å². The molecule has 98 valence electrons. The Morgan fingerprint density at radius 1 is 1.47 bits per heavy atom. The van der Waals surface area contributed by atoms with E-state index in [-0.39, 0.29) is 13.2 Å². The summed E-state index contributed by atoms with van der Waals surface area (Å²) in [5.74, 6) is -1.35. The van der Waals surface area contributed by atoms with Crippen molar-refractivity contribution in [1.82, 2.24) is 5.32 Å². The molecule has 0 aromatic rings. The molecule has 7 heteroatoms. The Morgan fingerprint density at radius 3 is 2.41 bits per heavy atom. The van der Waals surface area contributed by atoms with Gasteiger partial charge in [-0.2, -0.15) is 0 Å². The third-order valence-corrected chi connectivity index (χ3v) is 2.28. The number of aliphatic carboxylic acids is 1. The Bertz CT molecular complexity index is 323. The number of carbonyl (C=O) groups excluding carboxylic acids is 1. The van der Waals surface area contributed by atoms with E-state index in [2.05, 4.69) is 5.32 Å². The first-order valence-electron chi connectivity index (χ1n) is 5.18. The number of rotatable bonds is 2. The van der Waals surface area contributed by atoms with Crippen molar-refractivity contribution >= 4 is 12.1 Å². The molecule has 17 heavy (non-hydrogen) atoms. The Hall–Kier alpha value is -1.34. The minimum absolute atomic E-state index is 0.137. The van der Waals surface area contributed by atoms with Crippen molar-refractivity contribution in [2.45, 2.75) is 38.0 Å². The van der Waals surface area contributed by atoms with E-state index in [4.69, 9.17) is 14.6 Å². The average molecular weight is 247 g/mol. The van der Waals surface area contributed by atoms with Gasteiger partial charge in [0.2, 0.25) is 0 Å². The van der Waals surface area contributed by atoms with E-state index in [0.717, 1.165) is 0 Å². The second-order valence-electron chi connectivity index (χ2n) is 4.93. The van der Waals surface area contributed by atoms with Crippen molar-refractivity contribution in [3.63, 3.8) is 0 Å². The van der Waals surface area contributed by atoms with Gasteiger partial charge in [0.25, 0.3) is 0 Å². The molecule has 1 aliphatic heterocycles. The van der Waals surface area contributed by atoms with Gasteiger partial charge in [0.1, 0.15) is 11.7 Å². The lowest BCUT2D eigenvalue weighted by atomic mass is 9.96. The second kappa shape index (κ2) is 4.50. The van der Waals surface area contributed by atoms with E-state index in [9.17, 15) is 14.7 Å². The summed E-state index contributed by atoms with van der Waals surface area (Å²) in [5.41, 5.74) is -2.57. The number of aliphatic hydroxyl groups is 1. The van der Waals surface area contributed by atoms with Gasteiger partial charge in [-0.25, -0.2) is 9.59 Å². The van der Waals surface area contributed by atoms with Gasteiger partial charge in [0, 0.05) is 0 Å². The predicted molar refractivity (Wildman–Crippen MR) is 56.6 cm³/mol. The molecule has 2 unspecified atom stereocenters. The lowest BCUT2D eigenvalue weighted by molar-refractivity contribution is -0.148. The molecule has 0 radical (unpaired) electrons. The van der Waals surface area contributed by atoms with Crippen molar-refractivity contribution < 1.29 is 29.3 Å². The Kier molecular flexibility index (Phi) is 3.63. The fourth-order valence-electron chi connectivity index (χ4n) is 1.43. The molecule has 2 atom stereocenters. The number of aliphatic hydroxyl groups excluding tert-OH is 1. The highest BCUT2D eigenvalue weighted by atomic mass is 16.6. The summed E-state index contributed by atoms with van der Waals surface area (Å²) in [4.78, 5) is 22.6. The van der Waals surface area contributed by atoms with Crippen LogP contribution in [0.5, 0.6) is 0 Å². The van der Waals surface area contributed by atoms with Crippen molar-refractivity contribution in [2.24, 2.45) is 0 Å². The highest BCUT2D eigenvalue weighted by Gasteiger charge is 2.52. The predicted octanol–water partition coefficient (Wildman–Crippen LogP) is -0.274. The molecule has 0 bridgehead atoms. The SMILES string of the molecule is CC(C)(C)OC(=O)NC1(C(=O)O)COCC1O. The van der Waals surface area contributed by atoms with E-state index in [1.807, 2.05) is 0 Å². The van der Waals surface area contributed by atoms with Gasteiger partial charge in [-0.15, -0.1) is 0 Å². The third kappa shape index (κ3) is 3.07. The molecule has 1 rings (SSSR count). The maximum Gasteiger partial charge on any atom is 0.408 e. The van der Waals surface area contributed by atoms with E-state index < -0.39 is 29.3 Å². The van der Waals surface area contributed by atoms with Gasteiger partial charge in [-0.3, -0.25) is 0 Å². The van der Waals surface area contributed by atoms with E-state index in [1.54, 1.807) is 20.8 Å². The number of hydrogen-bond donors (Lipinski definition) is 3. The van der Waals surface area contributed by atoms with E-state index in [1.165, 1.54) is 0 Å². The Labute approximate surface area is 98.7 Å². The topological polar surface area (TPSA) is 105 Å². The maximum absolute atomic E-state index is 11.5. The van der Waals surface area contributed by atoms with Crippen molar-refractivity contribution in [1.29, 1.82) is 0 Å². The highest BCUT2D eigenvalue weighted by Crippen LogP contribution is 2.20. The average Bonchev–Trinajstić information content (AvgIpc) is 2.45. The fourth-order valence-corrected chi connectivity index (χ4v) is 1.43. The first-order valence-corrected chi connectivity index (χ1v) is 5.18. The lowest BCUT2D eigenvalue weighted by Gasteiger charge is -2.29. The molecule has 0 aliphatic carbocycles. The number of carbonyl (C=O) groups is 2. The van der Waals surface area contributed by atoms with Crippen LogP contribution in [-0.4, -0.2) is 52.7 Å². The summed E-state index contributed by atoms with van der Waals surface area (Å²) in [6.45, 7) is 4.54. The standard InChI is InChI=1S/C10H17NO6/c1-9(2,3)17-8(15)11-10(7(13)14)5-16-4-6(10)12/h6,12H,4-5H2,1-3H3,(H,11,15)(H,13,14). The molecule has 1 fully saturated rings. The zero-order valence-electron chi connectivity index (χ0n) is 10.0. The van der Waals surface area contributed by atoms with Crippen LogP contribution >= 0.6 is 0 Å². The van der Waals surface area contributed by atoms with E-state index in [0.29, 0.717) is 0 Å². The minimum Gasteiger partial charge on any atom is -0.479 e. The highest BCUT2D eigenvalue weighted by molar-refractivity contribution is 5.85. The molecular weight excluding hydrogens is 230 g/mol. The molecule has 0 spiro atoms. The zero-order chi connectivity index (χ0) is 13.3. The summed E-state index contributed by atoms with van der Waals surface area (Å²) in [5, 5.41) is 20.8. The summed E-state index contributed by atoms with van der Waals surface area (Å²) < 4.78 is 9.81. The van der Waals surface area contributed by atoms with Gasteiger partial charge in [0.05, 0.1) is 13.2 Å². The summed E-state index contributed by atoms with van der Waals surface area (Å²) in [7, 11) is 0. The number of carboxylic acid groups (broad SMARTS) is 1. The number of nitrogens with one attached hydrogen (secondary N) is 1. The summed E-state index contributed by atoms with van der Waals surface area (Å²) in [6, 6.07) is 0. The van der Waals surface area contributed by atoms with Gasteiger partial charge in [-0.05, 0) is 20.8 Å². The van der Waals surface area contributed by atoms with Crippen molar-refractivity contribution in [3.05, 3.63) is 0 Å². The number of alkyl carbamates (subject to hydrolysis) is 1. The molecule has 1 amide bonds. The van der Waals surface area contributed by atoms with Crippen LogP contribution in [0.1, 0.15) is 20.8 Å². The third-order valence-electron chi connectivity index (χ3n) is 2.28. The van der Waals surface area contributed by atoms with Crippen LogP contribution in [0.3, 0.4) is 0 Å².